The van der Waals surface area contributed by atoms with Crippen LogP contribution in [0.15, 0.2) is 0 Å². The Labute approximate surface area is 136 Å². The number of nitriles is 1. The largest absolute Gasteiger partial charge is 0.198 e. The third-order valence-electron chi connectivity index (χ3n) is 9.08. The van der Waals surface area contributed by atoms with Crippen LogP contribution in [0.4, 0.5) is 0 Å². The predicted molar refractivity (Wildman–Crippen MR) is 90.0 cm³/mol. The molecule has 0 aromatic rings. The van der Waals surface area contributed by atoms with Crippen LogP contribution in [0.2, 0.25) is 0 Å². The molecule has 0 N–H and O–H groups in total. The zero-order valence-electron chi connectivity index (χ0n) is 14.8. The minimum Gasteiger partial charge on any atom is -0.198 e. The molecule has 4 rings (SSSR count). The molecule has 0 spiro atoms. The van der Waals surface area contributed by atoms with Gasteiger partial charge in [-0.05, 0) is 91.8 Å². The van der Waals surface area contributed by atoms with Crippen molar-refractivity contribution in [2.24, 2.45) is 46.3 Å². The lowest BCUT2D eigenvalue weighted by molar-refractivity contribution is -0.113. The number of hydrogen-bond donors (Lipinski definition) is 0. The summed E-state index contributed by atoms with van der Waals surface area (Å²) in [5, 5.41) is 9.58. The zero-order valence-corrected chi connectivity index (χ0v) is 14.8. The van der Waals surface area contributed by atoms with E-state index in [0.717, 1.165) is 29.6 Å². The first-order chi connectivity index (χ1) is 10.5. The predicted octanol–water partition coefficient (Wildman–Crippen LogP) is 5.80. The summed E-state index contributed by atoms with van der Waals surface area (Å²) >= 11 is 0. The summed E-state index contributed by atoms with van der Waals surface area (Å²) in [5.74, 6) is 5.05. The van der Waals surface area contributed by atoms with Crippen LogP contribution in [0.5, 0.6) is 0 Å². The molecule has 4 fully saturated rings. The molecule has 122 valence electrons. The quantitative estimate of drug-likeness (QED) is 0.554. The highest BCUT2D eigenvalue weighted by molar-refractivity contribution is 5.12. The van der Waals surface area contributed by atoms with E-state index in [9.17, 15) is 5.26 Å². The maximum Gasteiger partial charge on any atom is 0.0661 e. The first kappa shape index (κ1) is 15.0. The van der Waals surface area contributed by atoms with Crippen LogP contribution < -0.4 is 0 Å². The molecule has 0 aromatic carbocycles. The van der Waals surface area contributed by atoms with E-state index in [1.807, 2.05) is 0 Å². The Balaban J connectivity index is 1.62. The Morgan fingerprint density at radius 3 is 2.36 bits per heavy atom. The Hall–Kier alpha value is -0.510. The zero-order chi connectivity index (χ0) is 15.5. The van der Waals surface area contributed by atoms with E-state index in [2.05, 4.69) is 26.8 Å². The van der Waals surface area contributed by atoms with Crippen molar-refractivity contribution in [3.63, 3.8) is 0 Å². The molecule has 0 amide bonds. The van der Waals surface area contributed by atoms with Crippen molar-refractivity contribution >= 4 is 0 Å². The van der Waals surface area contributed by atoms with Gasteiger partial charge in [-0.15, -0.1) is 0 Å². The summed E-state index contributed by atoms with van der Waals surface area (Å²) in [6.07, 6.45) is 12.6. The molecule has 1 nitrogen and oxygen atoms in total. The maximum absolute atomic E-state index is 9.58. The van der Waals surface area contributed by atoms with Crippen molar-refractivity contribution < 1.29 is 0 Å². The summed E-state index contributed by atoms with van der Waals surface area (Å²) in [7, 11) is 0. The monoisotopic (exact) mass is 299 g/mol. The Morgan fingerprint density at radius 2 is 1.59 bits per heavy atom. The lowest BCUT2D eigenvalue weighted by atomic mass is 9.44. The lowest BCUT2D eigenvalue weighted by Crippen LogP contribution is -2.53. The van der Waals surface area contributed by atoms with Gasteiger partial charge in [-0.2, -0.15) is 5.26 Å². The molecular formula is C21H33N. The average Bonchev–Trinajstić information content (AvgIpc) is 2.84. The van der Waals surface area contributed by atoms with Crippen LogP contribution in [0.1, 0.15) is 78.6 Å². The minimum absolute atomic E-state index is 0.343. The van der Waals surface area contributed by atoms with Crippen LogP contribution in [0.3, 0.4) is 0 Å². The Kier molecular flexibility index (Phi) is 3.41. The van der Waals surface area contributed by atoms with Crippen LogP contribution in [0.25, 0.3) is 0 Å². The van der Waals surface area contributed by atoms with Gasteiger partial charge >= 0.3 is 0 Å². The average molecular weight is 300 g/mol. The van der Waals surface area contributed by atoms with Crippen LogP contribution in [-0.2, 0) is 0 Å². The molecule has 4 aliphatic carbocycles. The lowest BCUT2D eigenvalue weighted by Gasteiger charge is -2.60. The first-order valence-electron chi connectivity index (χ1n) is 9.88. The summed E-state index contributed by atoms with van der Waals surface area (Å²) in [4.78, 5) is 0. The van der Waals surface area contributed by atoms with Crippen LogP contribution >= 0.6 is 0 Å². The van der Waals surface area contributed by atoms with Crippen molar-refractivity contribution in [1.29, 1.82) is 5.26 Å². The van der Waals surface area contributed by atoms with Crippen LogP contribution in [0, 0.1) is 57.7 Å². The smallest absolute Gasteiger partial charge is 0.0661 e. The van der Waals surface area contributed by atoms with Crippen molar-refractivity contribution in [3.05, 3.63) is 0 Å². The number of rotatable bonds is 0. The third-order valence-corrected chi connectivity index (χ3v) is 9.08. The minimum atomic E-state index is 0.343. The fourth-order valence-corrected chi connectivity index (χ4v) is 7.68. The summed E-state index contributed by atoms with van der Waals surface area (Å²) in [6.45, 7) is 7.59. The molecule has 8 atom stereocenters. The summed E-state index contributed by atoms with van der Waals surface area (Å²) < 4.78 is 0. The van der Waals surface area contributed by atoms with Gasteiger partial charge in [0.25, 0.3) is 0 Å². The molecular weight excluding hydrogens is 266 g/mol. The molecule has 4 aliphatic rings. The fraction of sp³-hybridized carbons (Fsp3) is 0.952. The third kappa shape index (κ3) is 1.88. The topological polar surface area (TPSA) is 23.8 Å². The van der Waals surface area contributed by atoms with Gasteiger partial charge in [-0.25, -0.2) is 0 Å². The standard InChI is InChI=1S/C21H33N/c1-14-8-10-20(2)15(12-14)4-6-17-18-7-5-16(13-22)21(18,3)11-9-19(17)20/h14-19H,4-12H2,1-3H3. The fourth-order valence-electron chi connectivity index (χ4n) is 7.68. The summed E-state index contributed by atoms with van der Waals surface area (Å²) in [5.41, 5.74) is 0.975. The normalized spacial score (nSPS) is 57.4. The van der Waals surface area contributed by atoms with Gasteiger partial charge in [-0.1, -0.05) is 27.2 Å². The molecule has 0 bridgehead atoms. The van der Waals surface area contributed by atoms with Gasteiger partial charge in [0.15, 0.2) is 0 Å². The second-order valence-corrected chi connectivity index (χ2v) is 9.84. The molecule has 1 heteroatoms. The highest BCUT2D eigenvalue weighted by Crippen LogP contribution is 2.67. The van der Waals surface area contributed by atoms with Crippen molar-refractivity contribution in [3.8, 4) is 6.07 Å². The van der Waals surface area contributed by atoms with E-state index < -0.39 is 0 Å². The Bertz CT molecular complexity index is 491. The molecule has 0 aromatic heterocycles. The highest BCUT2D eigenvalue weighted by Gasteiger charge is 2.60. The van der Waals surface area contributed by atoms with E-state index in [1.54, 1.807) is 0 Å². The molecule has 0 radical (unpaired) electrons. The number of fused-ring (bicyclic) bond motifs is 5. The first-order valence-corrected chi connectivity index (χ1v) is 9.88. The van der Waals surface area contributed by atoms with E-state index in [1.165, 1.54) is 57.8 Å². The Morgan fingerprint density at radius 1 is 0.864 bits per heavy atom. The second-order valence-electron chi connectivity index (χ2n) is 9.84. The molecule has 0 saturated heterocycles. The van der Waals surface area contributed by atoms with Gasteiger partial charge in [0.1, 0.15) is 0 Å². The van der Waals surface area contributed by atoms with Crippen LogP contribution in [-0.4, -0.2) is 0 Å². The molecule has 22 heavy (non-hydrogen) atoms. The molecule has 8 unspecified atom stereocenters. The van der Waals surface area contributed by atoms with Gasteiger partial charge < -0.3 is 0 Å². The van der Waals surface area contributed by atoms with Crippen molar-refractivity contribution in [1.82, 2.24) is 0 Å². The maximum atomic E-state index is 9.58. The van der Waals surface area contributed by atoms with Gasteiger partial charge in [0, 0.05) is 0 Å². The number of hydrogen-bond acceptors (Lipinski definition) is 1. The second kappa shape index (κ2) is 4.99. The van der Waals surface area contributed by atoms with E-state index in [4.69, 9.17) is 0 Å². The van der Waals surface area contributed by atoms with Gasteiger partial charge in [0.05, 0.1) is 12.0 Å². The highest BCUT2D eigenvalue weighted by atomic mass is 14.6. The van der Waals surface area contributed by atoms with Gasteiger partial charge in [0.2, 0.25) is 0 Å². The SMILES string of the molecule is CC1CCC2(C)C(CCC3C4CCC(C#N)C4(C)CCC32)C1. The molecule has 0 aliphatic heterocycles. The van der Waals surface area contributed by atoms with E-state index in [0.29, 0.717) is 16.7 Å². The van der Waals surface area contributed by atoms with Crippen molar-refractivity contribution in [2.45, 2.75) is 78.6 Å². The van der Waals surface area contributed by atoms with E-state index in [-0.39, 0.29) is 0 Å². The summed E-state index contributed by atoms with van der Waals surface area (Å²) in [6, 6.07) is 2.67. The van der Waals surface area contributed by atoms with E-state index >= 15 is 0 Å². The van der Waals surface area contributed by atoms with Gasteiger partial charge in [-0.3, -0.25) is 0 Å². The van der Waals surface area contributed by atoms with Crippen molar-refractivity contribution in [2.75, 3.05) is 0 Å². The molecule has 4 saturated carbocycles. The molecule has 0 heterocycles. The number of nitrogens with zero attached hydrogens (tertiary/aromatic N) is 1.